The summed E-state index contributed by atoms with van der Waals surface area (Å²) >= 11 is 1.79. The van der Waals surface area contributed by atoms with Gasteiger partial charge in [0.05, 0.1) is 17.4 Å². The first-order valence-corrected chi connectivity index (χ1v) is 6.54. The first-order chi connectivity index (χ1) is 7.66. The molecule has 1 unspecified atom stereocenters. The van der Waals surface area contributed by atoms with Crippen molar-refractivity contribution in [3.8, 4) is 0 Å². The van der Waals surface area contributed by atoms with Gasteiger partial charge in [-0.25, -0.2) is 0 Å². The van der Waals surface area contributed by atoms with Gasteiger partial charge in [-0.3, -0.25) is 9.98 Å². The van der Waals surface area contributed by atoms with Crippen LogP contribution in [0.25, 0.3) is 0 Å². The molecule has 1 aromatic heterocycles. The molecule has 0 saturated heterocycles. The first kappa shape index (κ1) is 11.5. The van der Waals surface area contributed by atoms with Crippen molar-refractivity contribution in [3.63, 3.8) is 0 Å². The smallest absolute Gasteiger partial charge is 0.161 e. The zero-order valence-electron chi connectivity index (χ0n) is 9.90. The van der Waals surface area contributed by atoms with Crippen molar-refractivity contribution < 1.29 is 0 Å². The Morgan fingerprint density at radius 2 is 2.31 bits per heavy atom. The van der Waals surface area contributed by atoms with Crippen LogP contribution >= 0.6 is 11.8 Å². The summed E-state index contributed by atoms with van der Waals surface area (Å²) in [5.74, 6) is 1.70. The van der Waals surface area contributed by atoms with Gasteiger partial charge in [-0.05, 0) is 25.0 Å². The minimum atomic E-state index is 0.449. The number of thioether (sulfide) groups is 1. The van der Waals surface area contributed by atoms with Crippen molar-refractivity contribution >= 4 is 22.6 Å². The summed E-state index contributed by atoms with van der Waals surface area (Å²) in [6.45, 7) is 6.43. The molecule has 0 aliphatic carbocycles. The van der Waals surface area contributed by atoms with Crippen LogP contribution in [0.15, 0.2) is 23.3 Å². The molecule has 0 bridgehead atoms. The average Bonchev–Trinajstić information content (AvgIpc) is 2.70. The molecule has 1 atom stereocenters. The van der Waals surface area contributed by atoms with Crippen molar-refractivity contribution in [1.82, 2.24) is 4.98 Å². The lowest BCUT2D eigenvalue weighted by molar-refractivity contribution is 0.543. The molecule has 1 aliphatic heterocycles. The summed E-state index contributed by atoms with van der Waals surface area (Å²) in [4.78, 5) is 8.91. The Hall–Kier alpha value is -1.03. The Kier molecular flexibility index (Phi) is 3.49. The van der Waals surface area contributed by atoms with Crippen LogP contribution in [0.2, 0.25) is 0 Å². The lowest BCUT2D eigenvalue weighted by atomic mass is 10.1. The van der Waals surface area contributed by atoms with Gasteiger partial charge in [0.25, 0.3) is 0 Å². The van der Waals surface area contributed by atoms with Crippen LogP contribution in [-0.4, -0.2) is 21.9 Å². The molecule has 3 nitrogen and oxygen atoms in total. The van der Waals surface area contributed by atoms with Crippen LogP contribution < -0.4 is 5.32 Å². The number of nitrogens with zero attached hydrogens (tertiary/aromatic N) is 2. The van der Waals surface area contributed by atoms with Crippen molar-refractivity contribution in [2.75, 3.05) is 11.1 Å². The molecule has 2 heterocycles. The van der Waals surface area contributed by atoms with E-state index in [0.29, 0.717) is 12.0 Å². The van der Waals surface area contributed by atoms with Crippen molar-refractivity contribution in [1.29, 1.82) is 0 Å². The monoisotopic (exact) mass is 235 g/mol. The molecule has 0 radical (unpaired) electrons. The van der Waals surface area contributed by atoms with Gasteiger partial charge < -0.3 is 5.32 Å². The minimum Gasteiger partial charge on any atom is -0.333 e. The highest BCUT2D eigenvalue weighted by molar-refractivity contribution is 8.14. The van der Waals surface area contributed by atoms with Crippen LogP contribution in [0, 0.1) is 12.8 Å². The average molecular weight is 235 g/mol. The third-order valence-electron chi connectivity index (χ3n) is 2.69. The second-order valence-corrected chi connectivity index (χ2v) is 5.33. The van der Waals surface area contributed by atoms with Gasteiger partial charge >= 0.3 is 0 Å². The van der Waals surface area contributed by atoms with E-state index in [2.05, 4.69) is 29.1 Å². The van der Waals surface area contributed by atoms with E-state index in [9.17, 15) is 0 Å². The van der Waals surface area contributed by atoms with E-state index in [-0.39, 0.29) is 0 Å². The second kappa shape index (κ2) is 4.87. The summed E-state index contributed by atoms with van der Waals surface area (Å²) < 4.78 is 0. The number of rotatable bonds is 2. The summed E-state index contributed by atoms with van der Waals surface area (Å²) in [6.07, 6.45) is 1.81. The normalized spacial score (nSPS) is 20.0. The van der Waals surface area contributed by atoms with E-state index >= 15 is 0 Å². The van der Waals surface area contributed by atoms with Gasteiger partial charge in [0.15, 0.2) is 5.17 Å². The third-order valence-corrected chi connectivity index (χ3v) is 3.68. The predicted octanol–water partition coefficient (Wildman–Crippen LogP) is 2.93. The Labute approximate surface area is 101 Å². The quantitative estimate of drug-likeness (QED) is 0.856. The van der Waals surface area contributed by atoms with E-state index < -0.39 is 0 Å². The van der Waals surface area contributed by atoms with Gasteiger partial charge in [-0.15, -0.1) is 0 Å². The molecule has 1 N–H and O–H groups in total. The number of anilines is 1. The number of aryl methyl sites for hydroxylation is 1. The standard InChI is InChI=1S/C12H17N3S/c1-8(2)11-7-16-12(15-11)14-10-5-4-6-13-9(10)3/h4-6,8,11H,7H2,1-3H3,(H,14,15). The predicted molar refractivity (Wildman–Crippen MR) is 71.1 cm³/mol. The second-order valence-electron chi connectivity index (χ2n) is 4.32. The number of amidine groups is 1. The SMILES string of the molecule is Cc1ncccc1NC1=NC(C(C)C)CS1. The van der Waals surface area contributed by atoms with Crippen LogP contribution in [0.1, 0.15) is 19.5 Å². The molecule has 1 aromatic rings. The summed E-state index contributed by atoms with van der Waals surface area (Å²) in [5, 5.41) is 4.37. The van der Waals surface area contributed by atoms with E-state index in [1.54, 1.807) is 18.0 Å². The highest BCUT2D eigenvalue weighted by atomic mass is 32.2. The maximum Gasteiger partial charge on any atom is 0.161 e. The number of pyridine rings is 1. The molecule has 1 aliphatic rings. The van der Waals surface area contributed by atoms with E-state index in [0.717, 1.165) is 22.3 Å². The van der Waals surface area contributed by atoms with E-state index in [1.807, 2.05) is 19.1 Å². The fourth-order valence-corrected chi connectivity index (χ4v) is 2.71. The minimum absolute atomic E-state index is 0.449. The largest absolute Gasteiger partial charge is 0.333 e. The molecular formula is C12H17N3S. The van der Waals surface area contributed by atoms with Crippen LogP contribution in [-0.2, 0) is 0 Å². The number of hydrogen-bond donors (Lipinski definition) is 1. The van der Waals surface area contributed by atoms with Gasteiger partial charge in [0, 0.05) is 11.9 Å². The summed E-state index contributed by atoms with van der Waals surface area (Å²) in [7, 11) is 0. The van der Waals surface area contributed by atoms with Gasteiger partial charge in [0.1, 0.15) is 0 Å². The number of nitrogens with one attached hydrogen (secondary N) is 1. The van der Waals surface area contributed by atoms with Crippen molar-refractivity contribution in [2.45, 2.75) is 26.8 Å². The first-order valence-electron chi connectivity index (χ1n) is 5.56. The summed E-state index contributed by atoms with van der Waals surface area (Å²) in [5.41, 5.74) is 2.07. The van der Waals surface area contributed by atoms with Gasteiger partial charge in [-0.1, -0.05) is 25.6 Å². The van der Waals surface area contributed by atoms with E-state index in [4.69, 9.17) is 0 Å². The lowest BCUT2D eigenvalue weighted by Crippen LogP contribution is -2.12. The maximum absolute atomic E-state index is 4.66. The maximum atomic E-state index is 4.66. The highest BCUT2D eigenvalue weighted by Crippen LogP contribution is 2.24. The summed E-state index contributed by atoms with van der Waals surface area (Å²) in [6, 6.07) is 4.42. The van der Waals surface area contributed by atoms with Crippen LogP contribution in [0.3, 0.4) is 0 Å². The molecule has 0 spiro atoms. The third kappa shape index (κ3) is 2.55. The van der Waals surface area contributed by atoms with Crippen LogP contribution in [0.5, 0.6) is 0 Å². The molecule has 4 heteroatoms. The molecule has 0 amide bonds. The number of aromatic nitrogens is 1. The molecule has 0 aromatic carbocycles. The number of hydrogen-bond acceptors (Lipinski definition) is 4. The Balaban J connectivity index is 2.07. The van der Waals surface area contributed by atoms with Gasteiger partial charge in [-0.2, -0.15) is 0 Å². The molecule has 0 saturated carbocycles. The molecule has 86 valence electrons. The fraction of sp³-hybridized carbons (Fsp3) is 0.500. The Morgan fingerprint density at radius 1 is 1.50 bits per heavy atom. The Bertz CT molecular complexity index is 401. The van der Waals surface area contributed by atoms with Crippen molar-refractivity contribution in [2.24, 2.45) is 10.9 Å². The highest BCUT2D eigenvalue weighted by Gasteiger charge is 2.21. The van der Waals surface area contributed by atoms with E-state index in [1.165, 1.54) is 0 Å². The molecule has 0 fully saturated rings. The zero-order valence-corrected chi connectivity index (χ0v) is 10.7. The molecule has 2 rings (SSSR count). The number of aliphatic imine (C=N–C) groups is 1. The Morgan fingerprint density at radius 3 is 2.94 bits per heavy atom. The molecular weight excluding hydrogens is 218 g/mol. The molecule has 16 heavy (non-hydrogen) atoms. The van der Waals surface area contributed by atoms with Crippen molar-refractivity contribution in [3.05, 3.63) is 24.0 Å². The fourth-order valence-electron chi connectivity index (χ4n) is 1.53. The zero-order chi connectivity index (χ0) is 11.5. The topological polar surface area (TPSA) is 37.3 Å². The van der Waals surface area contributed by atoms with Gasteiger partial charge in [0.2, 0.25) is 0 Å². The lowest BCUT2D eigenvalue weighted by Gasteiger charge is -2.08. The van der Waals surface area contributed by atoms with Crippen LogP contribution in [0.4, 0.5) is 5.69 Å².